The van der Waals surface area contributed by atoms with Gasteiger partial charge < -0.3 is 9.64 Å². The largest absolute Gasteiger partial charge is 0.368 e. The predicted octanol–water partition coefficient (Wildman–Crippen LogP) is 3.26. The van der Waals surface area contributed by atoms with Crippen LogP contribution >= 0.6 is 11.8 Å². The van der Waals surface area contributed by atoms with Gasteiger partial charge in [0.1, 0.15) is 6.10 Å². The molecule has 2 saturated heterocycles. The van der Waals surface area contributed by atoms with E-state index in [0.717, 1.165) is 45.4 Å². The number of ether oxygens (including phenoxy) is 1. The van der Waals surface area contributed by atoms with Crippen molar-refractivity contribution < 1.29 is 9.53 Å². The molecule has 0 aromatic heterocycles. The summed E-state index contributed by atoms with van der Waals surface area (Å²) >= 11 is 1.97. The first-order valence-electron chi connectivity index (χ1n) is 7.87. The van der Waals surface area contributed by atoms with Crippen molar-refractivity contribution in [3.05, 3.63) is 29.8 Å². The molecule has 4 heteroatoms. The molecular weight excluding hydrogens is 282 g/mol. The minimum atomic E-state index is -0.162. The Morgan fingerprint density at radius 2 is 2.00 bits per heavy atom. The fourth-order valence-electron chi connectivity index (χ4n) is 3.04. The third-order valence-electron chi connectivity index (χ3n) is 4.35. The molecular formula is C17H23NO2S. The Morgan fingerprint density at radius 1 is 1.24 bits per heavy atom. The molecule has 0 saturated carbocycles. The number of carbonyl (C=O) groups excluding carboxylic acids is 1. The summed E-state index contributed by atoms with van der Waals surface area (Å²) in [5.41, 5.74) is 1.35. The van der Waals surface area contributed by atoms with Crippen LogP contribution in [-0.4, -0.2) is 41.9 Å². The zero-order valence-electron chi connectivity index (χ0n) is 12.6. The molecule has 1 amide bonds. The van der Waals surface area contributed by atoms with Crippen LogP contribution in [0.3, 0.4) is 0 Å². The number of carbonyl (C=O) groups is 1. The Balaban J connectivity index is 1.51. The molecule has 114 valence electrons. The number of aryl methyl sites for hydroxylation is 1. The molecule has 3 nitrogen and oxygen atoms in total. The third-order valence-corrected chi connectivity index (χ3v) is 5.86. The van der Waals surface area contributed by atoms with Crippen LogP contribution in [0.15, 0.2) is 29.2 Å². The number of likely N-dealkylation sites (tertiary alicyclic amines) is 1. The first kappa shape index (κ1) is 14.9. The van der Waals surface area contributed by atoms with Crippen LogP contribution in [0.2, 0.25) is 0 Å². The maximum atomic E-state index is 12.3. The molecule has 0 unspecified atom stereocenters. The number of hydrogen-bond acceptors (Lipinski definition) is 3. The lowest BCUT2D eigenvalue weighted by Crippen LogP contribution is -2.44. The van der Waals surface area contributed by atoms with Gasteiger partial charge in [-0.2, -0.15) is 0 Å². The second-order valence-electron chi connectivity index (χ2n) is 5.91. The highest BCUT2D eigenvalue weighted by Gasteiger charge is 2.31. The number of nitrogens with zero attached hydrogens (tertiary/aromatic N) is 1. The Labute approximate surface area is 131 Å². The van der Waals surface area contributed by atoms with Crippen LogP contribution in [0.4, 0.5) is 0 Å². The van der Waals surface area contributed by atoms with E-state index in [9.17, 15) is 4.79 Å². The molecule has 1 atom stereocenters. The van der Waals surface area contributed by atoms with Gasteiger partial charge in [-0.1, -0.05) is 18.2 Å². The minimum absolute atomic E-state index is 0.162. The number of benzene rings is 1. The molecule has 3 rings (SSSR count). The van der Waals surface area contributed by atoms with Crippen LogP contribution in [0.25, 0.3) is 0 Å². The molecule has 0 N–H and O–H groups in total. The quantitative estimate of drug-likeness (QED) is 0.858. The molecule has 1 aromatic rings. The average molecular weight is 305 g/mol. The van der Waals surface area contributed by atoms with E-state index in [2.05, 4.69) is 31.2 Å². The number of hydrogen-bond donors (Lipinski definition) is 0. The SMILES string of the molecule is Cc1ccccc1SC1CCN(C(=O)[C@@H]2CCCO2)CC1. The molecule has 21 heavy (non-hydrogen) atoms. The molecule has 2 aliphatic heterocycles. The lowest BCUT2D eigenvalue weighted by Gasteiger charge is -2.33. The lowest BCUT2D eigenvalue weighted by molar-refractivity contribution is -0.141. The van der Waals surface area contributed by atoms with Gasteiger partial charge in [0.2, 0.25) is 0 Å². The third kappa shape index (κ3) is 3.61. The maximum absolute atomic E-state index is 12.3. The Hall–Kier alpha value is -1.00. The Bertz CT molecular complexity index is 491. The summed E-state index contributed by atoms with van der Waals surface area (Å²) in [5.74, 6) is 0.215. The zero-order valence-corrected chi connectivity index (χ0v) is 13.4. The highest BCUT2D eigenvalue weighted by molar-refractivity contribution is 8.00. The fourth-order valence-corrected chi connectivity index (χ4v) is 4.26. The van der Waals surface area contributed by atoms with Crippen molar-refractivity contribution in [2.75, 3.05) is 19.7 Å². The van der Waals surface area contributed by atoms with Gasteiger partial charge in [-0.25, -0.2) is 0 Å². The normalized spacial score (nSPS) is 23.5. The van der Waals surface area contributed by atoms with Crippen LogP contribution in [0.5, 0.6) is 0 Å². The Morgan fingerprint density at radius 3 is 2.67 bits per heavy atom. The van der Waals surface area contributed by atoms with E-state index < -0.39 is 0 Å². The van der Waals surface area contributed by atoms with Gasteiger partial charge >= 0.3 is 0 Å². The van der Waals surface area contributed by atoms with Crippen molar-refractivity contribution >= 4 is 17.7 Å². The number of rotatable bonds is 3. The van der Waals surface area contributed by atoms with Crippen molar-refractivity contribution in [2.24, 2.45) is 0 Å². The molecule has 2 fully saturated rings. The number of piperidine rings is 1. The van der Waals surface area contributed by atoms with E-state index >= 15 is 0 Å². The van der Waals surface area contributed by atoms with Crippen LogP contribution in [0, 0.1) is 6.92 Å². The van der Waals surface area contributed by atoms with Gasteiger partial charge in [-0.3, -0.25) is 4.79 Å². The van der Waals surface area contributed by atoms with E-state index in [-0.39, 0.29) is 12.0 Å². The molecule has 0 spiro atoms. The van der Waals surface area contributed by atoms with Crippen molar-refractivity contribution in [1.82, 2.24) is 4.90 Å². The van der Waals surface area contributed by atoms with Crippen molar-refractivity contribution in [2.45, 2.75) is 48.9 Å². The van der Waals surface area contributed by atoms with Gasteiger partial charge in [0.05, 0.1) is 0 Å². The molecule has 0 aliphatic carbocycles. The van der Waals surface area contributed by atoms with Gasteiger partial charge in [0.15, 0.2) is 0 Å². The van der Waals surface area contributed by atoms with E-state index in [4.69, 9.17) is 4.74 Å². The summed E-state index contributed by atoms with van der Waals surface area (Å²) < 4.78 is 5.51. The van der Waals surface area contributed by atoms with Gasteiger partial charge in [-0.15, -0.1) is 11.8 Å². The van der Waals surface area contributed by atoms with E-state index in [1.54, 1.807) is 0 Å². The predicted molar refractivity (Wildman–Crippen MR) is 85.6 cm³/mol. The van der Waals surface area contributed by atoms with Gasteiger partial charge in [0, 0.05) is 29.8 Å². The van der Waals surface area contributed by atoms with Crippen LogP contribution in [-0.2, 0) is 9.53 Å². The maximum Gasteiger partial charge on any atom is 0.251 e. The topological polar surface area (TPSA) is 29.5 Å². The van der Waals surface area contributed by atoms with Gasteiger partial charge in [-0.05, 0) is 44.2 Å². The summed E-state index contributed by atoms with van der Waals surface area (Å²) in [5, 5.41) is 0.625. The van der Waals surface area contributed by atoms with Crippen LogP contribution < -0.4 is 0 Å². The molecule has 2 heterocycles. The first-order valence-corrected chi connectivity index (χ1v) is 8.74. The summed E-state index contributed by atoms with van der Waals surface area (Å²) in [7, 11) is 0. The molecule has 2 aliphatic rings. The van der Waals surface area contributed by atoms with Gasteiger partial charge in [0.25, 0.3) is 5.91 Å². The van der Waals surface area contributed by atoms with E-state index in [1.165, 1.54) is 10.5 Å². The highest BCUT2D eigenvalue weighted by atomic mass is 32.2. The zero-order chi connectivity index (χ0) is 14.7. The average Bonchev–Trinajstić information content (AvgIpc) is 3.04. The second kappa shape index (κ2) is 6.84. The van der Waals surface area contributed by atoms with E-state index in [1.807, 2.05) is 16.7 Å². The number of amides is 1. The van der Waals surface area contributed by atoms with Crippen LogP contribution in [0.1, 0.15) is 31.2 Å². The molecule has 0 radical (unpaired) electrons. The van der Waals surface area contributed by atoms with Crippen molar-refractivity contribution in [3.8, 4) is 0 Å². The number of thioether (sulfide) groups is 1. The monoisotopic (exact) mass is 305 g/mol. The summed E-state index contributed by atoms with van der Waals surface area (Å²) in [6, 6.07) is 8.55. The van der Waals surface area contributed by atoms with Crippen molar-refractivity contribution in [3.63, 3.8) is 0 Å². The summed E-state index contributed by atoms with van der Waals surface area (Å²) in [6.07, 6.45) is 3.92. The smallest absolute Gasteiger partial charge is 0.251 e. The lowest BCUT2D eigenvalue weighted by atomic mass is 10.1. The summed E-state index contributed by atoms with van der Waals surface area (Å²) in [4.78, 5) is 15.7. The first-order chi connectivity index (χ1) is 10.2. The summed E-state index contributed by atoms with van der Waals surface area (Å²) in [6.45, 7) is 4.67. The molecule has 0 bridgehead atoms. The van der Waals surface area contributed by atoms with E-state index in [0.29, 0.717) is 5.25 Å². The highest BCUT2D eigenvalue weighted by Crippen LogP contribution is 2.32. The molecule has 1 aromatic carbocycles. The van der Waals surface area contributed by atoms with Crippen molar-refractivity contribution in [1.29, 1.82) is 0 Å². The minimum Gasteiger partial charge on any atom is -0.368 e. The standard InChI is InChI=1S/C17H23NO2S/c1-13-5-2-3-7-16(13)21-14-8-10-18(11-9-14)17(19)15-6-4-12-20-15/h2-3,5,7,14-15H,4,6,8-12H2,1H3/t15-/m0/s1. The second-order valence-corrected chi connectivity index (χ2v) is 7.25. The fraction of sp³-hybridized carbons (Fsp3) is 0.588. The Kier molecular flexibility index (Phi) is 4.86.